The average Bonchev–Trinajstić information content (AvgIpc) is 2.88. The van der Waals surface area contributed by atoms with Crippen molar-refractivity contribution < 1.29 is 27.5 Å². The standard InChI is InChI=1S/C19H21FN2O.C2HF3O2/c1-2-11-22-18-10-13-21(12-9-16(18)5-8-19(22)23)14-15-3-6-17(20)7-4-15;3-2(4,5)1(6)7/h2-8H,1,9-14H2;(H,6,7). The summed E-state index contributed by atoms with van der Waals surface area (Å²) in [6.45, 7) is 6.94. The number of alkyl halides is 3. The second kappa shape index (κ2) is 10.2. The maximum absolute atomic E-state index is 13.0. The highest BCUT2D eigenvalue weighted by Gasteiger charge is 2.38. The van der Waals surface area contributed by atoms with Crippen molar-refractivity contribution in [1.29, 1.82) is 0 Å². The van der Waals surface area contributed by atoms with Gasteiger partial charge in [0.15, 0.2) is 0 Å². The summed E-state index contributed by atoms with van der Waals surface area (Å²) in [5.41, 5.74) is 3.52. The Hall–Kier alpha value is -2.94. The molecule has 2 aromatic rings. The molecule has 1 aromatic heterocycles. The fourth-order valence-electron chi connectivity index (χ4n) is 3.18. The lowest BCUT2D eigenvalue weighted by molar-refractivity contribution is -0.192. The van der Waals surface area contributed by atoms with Crippen molar-refractivity contribution in [1.82, 2.24) is 9.47 Å². The van der Waals surface area contributed by atoms with Crippen molar-refractivity contribution >= 4 is 5.97 Å². The van der Waals surface area contributed by atoms with E-state index in [4.69, 9.17) is 9.90 Å². The van der Waals surface area contributed by atoms with Crippen LogP contribution in [0, 0.1) is 5.82 Å². The van der Waals surface area contributed by atoms with Gasteiger partial charge in [-0.1, -0.05) is 24.3 Å². The summed E-state index contributed by atoms with van der Waals surface area (Å²) in [5, 5.41) is 7.12. The maximum atomic E-state index is 13.0. The van der Waals surface area contributed by atoms with E-state index in [-0.39, 0.29) is 11.4 Å². The Balaban J connectivity index is 0.000000396. The van der Waals surface area contributed by atoms with E-state index in [0.717, 1.165) is 43.7 Å². The molecule has 0 amide bonds. The highest BCUT2D eigenvalue weighted by atomic mass is 19.4. The topological polar surface area (TPSA) is 62.5 Å². The molecule has 0 saturated heterocycles. The molecule has 2 heterocycles. The number of aliphatic carboxylic acids is 1. The van der Waals surface area contributed by atoms with Crippen LogP contribution < -0.4 is 5.56 Å². The van der Waals surface area contributed by atoms with Crippen molar-refractivity contribution in [2.24, 2.45) is 0 Å². The summed E-state index contributed by atoms with van der Waals surface area (Å²) in [4.78, 5) is 23.3. The highest BCUT2D eigenvalue weighted by Crippen LogP contribution is 2.17. The fourth-order valence-corrected chi connectivity index (χ4v) is 3.18. The summed E-state index contributed by atoms with van der Waals surface area (Å²) < 4.78 is 46.6. The van der Waals surface area contributed by atoms with Gasteiger partial charge in [0.25, 0.3) is 5.56 Å². The molecule has 1 aliphatic heterocycles. The Bertz CT molecular complexity index is 937. The first kappa shape index (κ1) is 23.3. The first-order valence-corrected chi connectivity index (χ1v) is 9.21. The van der Waals surface area contributed by atoms with Gasteiger partial charge in [0.2, 0.25) is 0 Å². The van der Waals surface area contributed by atoms with Gasteiger partial charge < -0.3 is 9.67 Å². The third kappa shape index (κ3) is 6.55. The molecule has 0 bridgehead atoms. The van der Waals surface area contributed by atoms with Crippen molar-refractivity contribution in [3.63, 3.8) is 0 Å². The zero-order chi connectivity index (χ0) is 22.3. The van der Waals surface area contributed by atoms with Crippen LogP contribution in [0.4, 0.5) is 17.6 Å². The largest absolute Gasteiger partial charge is 0.490 e. The van der Waals surface area contributed by atoms with Crippen molar-refractivity contribution in [2.75, 3.05) is 13.1 Å². The minimum absolute atomic E-state index is 0.0376. The Morgan fingerprint density at radius 1 is 1.10 bits per heavy atom. The molecule has 1 aromatic carbocycles. The zero-order valence-corrected chi connectivity index (χ0v) is 16.2. The van der Waals surface area contributed by atoms with Gasteiger partial charge in [-0.05, 0) is 29.7 Å². The Morgan fingerprint density at radius 3 is 2.27 bits per heavy atom. The quantitative estimate of drug-likeness (QED) is 0.601. The number of hydrogen-bond donors (Lipinski definition) is 1. The molecule has 0 spiro atoms. The number of nitrogens with zero attached hydrogens (tertiary/aromatic N) is 2. The van der Waals surface area contributed by atoms with E-state index >= 15 is 0 Å². The predicted octanol–water partition coefficient (Wildman–Crippen LogP) is 3.41. The number of carbonyl (C=O) groups is 1. The van der Waals surface area contributed by atoms with Crippen LogP contribution in [0.5, 0.6) is 0 Å². The zero-order valence-electron chi connectivity index (χ0n) is 16.2. The number of pyridine rings is 1. The molecular formula is C21H22F4N2O3. The number of fused-ring (bicyclic) bond motifs is 1. The van der Waals surface area contributed by atoms with Crippen molar-refractivity contribution in [2.45, 2.75) is 32.1 Å². The second-order valence-corrected chi connectivity index (χ2v) is 6.75. The van der Waals surface area contributed by atoms with Crippen molar-refractivity contribution in [3.05, 3.63) is 82.0 Å². The molecule has 0 aliphatic carbocycles. The number of benzene rings is 1. The lowest BCUT2D eigenvalue weighted by atomic mass is 10.1. The molecular weight excluding hydrogens is 404 g/mol. The molecule has 5 nitrogen and oxygen atoms in total. The summed E-state index contributed by atoms with van der Waals surface area (Å²) in [7, 11) is 0. The maximum Gasteiger partial charge on any atom is 0.490 e. The third-order valence-electron chi connectivity index (χ3n) is 4.63. The van der Waals surface area contributed by atoms with Crippen molar-refractivity contribution in [3.8, 4) is 0 Å². The number of hydrogen-bond acceptors (Lipinski definition) is 3. The van der Waals surface area contributed by atoms with Crippen LogP contribution in [0.3, 0.4) is 0 Å². The van der Waals surface area contributed by atoms with Gasteiger partial charge in [-0.2, -0.15) is 13.2 Å². The lowest BCUT2D eigenvalue weighted by Gasteiger charge is -2.19. The van der Waals surface area contributed by atoms with E-state index in [2.05, 4.69) is 11.5 Å². The Labute approximate surface area is 170 Å². The third-order valence-corrected chi connectivity index (χ3v) is 4.63. The van der Waals surface area contributed by atoms with E-state index in [1.165, 1.54) is 17.7 Å². The van der Waals surface area contributed by atoms with Gasteiger partial charge in [-0.15, -0.1) is 6.58 Å². The molecule has 0 fully saturated rings. The highest BCUT2D eigenvalue weighted by molar-refractivity contribution is 5.73. The number of allylic oxidation sites excluding steroid dienone is 1. The number of carboxylic acid groups (broad SMARTS) is 1. The summed E-state index contributed by atoms with van der Waals surface area (Å²) in [6.07, 6.45) is -1.54. The molecule has 0 radical (unpaired) electrons. The first-order chi connectivity index (χ1) is 14.1. The monoisotopic (exact) mass is 426 g/mol. The normalized spacial score (nSPS) is 14.1. The molecule has 162 valence electrons. The predicted molar refractivity (Wildman–Crippen MR) is 104 cm³/mol. The smallest absolute Gasteiger partial charge is 0.475 e. The van der Waals surface area contributed by atoms with E-state index in [9.17, 15) is 22.4 Å². The van der Waals surface area contributed by atoms with Gasteiger partial charge in [-0.25, -0.2) is 9.18 Å². The van der Waals surface area contributed by atoms with Gasteiger partial charge >= 0.3 is 12.1 Å². The minimum atomic E-state index is -5.08. The minimum Gasteiger partial charge on any atom is -0.475 e. The van der Waals surface area contributed by atoms with Crippen LogP contribution in [0.1, 0.15) is 16.8 Å². The summed E-state index contributed by atoms with van der Waals surface area (Å²) in [6, 6.07) is 10.3. The number of rotatable bonds is 4. The summed E-state index contributed by atoms with van der Waals surface area (Å²) in [5.74, 6) is -2.96. The molecule has 0 saturated carbocycles. The molecule has 9 heteroatoms. The molecule has 30 heavy (non-hydrogen) atoms. The molecule has 1 N–H and O–H groups in total. The van der Waals surface area contributed by atoms with Crippen LogP contribution >= 0.6 is 0 Å². The van der Waals surface area contributed by atoms with Gasteiger partial charge in [0, 0.05) is 44.4 Å². The van der Waals surface area contributed by atoms with Crippen LogP contribution in [0.2, 0.25) is 0 Å². The number of aromatic nitrogens is 1. The summed E-state index contributed by atoms with van der Waals surface area (Å²) >= 11 is 0. The SMILES string of the molecule is C=CCn1c2c(ccc1=O)CCN(Cc1ccc(F)cc1)CC2.O=C(O)C(F)(F)F. The average molecular weight is 426 g/mol. The van der Waals surface area contributed by atoms with Crippen LogP contribution in [-0.4, -0.2) is 39.8 Å². The van der Waals surface area contributed by atoms with Crippen LogP contribution in [0.25, 0.3) is 0 Å². The Morgan fingerprint density at radius 2 is 1.70 bits per heavy atom. The van der Waals surface area contributed by atoms with Gasteiger partial charge in [0.1, 0.15) is 5.82 Å². The van der Waals surface area contributed by atoms with Crippen LogP contribution in [0.15, 0.2) is 53.8 Å². The molecule has 3 rings (SSSR count). The van der Waals surface area contributed by atoms with Gasteiger partial charge in [-0.3, -0.25) is 9.69 Å². The van der Waals surface area contributed by atoms with Crippen LogP contribution in [-0.2, 0) is 30.7 Å². The van der Waals surface area contributed by atoms with E-state index in [1.54, 1.807) is 12.1 Å². The lowest BCUT2D eigenvalue weighted by Crippen LogP contribution is -2.27. The second-order valence-electron chi connectivity index (χ2n) is 6.75. The number of carboxylic acids is 1. The van der Waals surface area contributed by atoms with Gasteiger partial charge in [0.05, 0.1) is 0 Å². The molecule has 1 aliphatic rings. The molecule has 0 atom stereocenters. The Kier molecular flexibility index (Phi) is 7.93. The fraction of sp³-hybridized carbons (Fsp3) is 0.333. The van der Waals surface area contributed by atoms with E-state index in [0.29, 0.717) is 6.54 Å². The molecule has 0 unspecified atom stereocenters. The van der Waals surface area contributed by atoms with E-state index < -0.39 is 12.1 Å². The number of halogens is 4. The first-order valence-electron chi connectivity index (χ1n) is 9.21. The van der Waals surface area contributed by atoms with E-state index in [1.807, 2.05) is 22.8 Å².